The number of hydrogen-bond acceptors (Lipinski definition) is 3. The Morgan fingerprint density at radius 2 is 2.14 bits per heavy atom. The van der Waals surface area contributed by atoms with Gasteiger partial charge in [-0.1, -0.05) is 12.1 Å². The molecule has 0 saturated carbocycles. The van der Waals surface area contributed by atoms with E-state index in [-0.39, 0.29) is 0 Å². The van der Waals surface area contributed by atoms with Crippen molar-refractivity contribution in [2.24, 2.45) is 11.7 Å². The molecule has 1 saturated heterocycles. The van der Waals surface area contributed by atoms with Crippen molar-refractivity contribution in [1.29, 1.82) is 0 Å². The number of anilines is 1. The van der Waals surface area contributed by atoms with Crippen molar-refractivity contribution in [3.8, 4) is 0 Å². The van der Waals surface area contributed by atoms with Gasteiger partial charge in [-0.15, -0.1) is 0 Å². The molecule has 3 rings (SSSR count). The SMILES string of the molecule is NCc1ccc2c(c1)CCCN2C(=O)CCC1CCNCC1. The van der Waals surface area contributed by atoms with E-state index in [0.29, 0.717) is 24.8 Å². The molecule has 0 bridgehead atoms. The summed E-state index contributed by atoms with van der Waals surface area (Å²) < 4.78 is 0. The zero-order valence-electron chi connectivity index (χ0n) is 13.3. The lowest BCUT2D eigenvalue weighted by Gasteiger charge is -2.31. The molecule has 4 nitrogen and oxygen atoms in total. The number of benzene rings is 1. The number of aryl methyl sites for hydroxylation is 1. The lowest BCUT2D eigenvalue weighted by atomic mass is 9.92. The first-order valence-electron chi connectivity index (χ1n) is 8.61. The highest BCUT2D eigenvalue weighted by molar-refractivity contribution is 5.94. The van der Waals surface area contributed by atoms with E-state index in [9.17, 15) is 4.79 Å². The predicted molar refractivity (Wildman–Crippen MR) is 89.8 cm³/mol. The van der Waals surface area contributed by atoms with Crippen LogP contribution < -0.4 is 16.0 Å². The number of piperidine rings is 1. The van der Waals surface area contributed by atoms with E-state index in [1.807, 2.05) is 4.90 Å². The Labute approximate surface area is 133 Å². The van der Waals surface area contributed by atoms with Gasteiger partial charge in [0.2, 0.25) is 5.91 Å². The fourth-order valence-corrected chi connectivity index (χ4v) is 3.67. The van der Waals surface area contributed by atoms with Gasteiger partial charge in [0.1, 0.15) is 0 Å². The van der Waals surface area contributed by atoms with E-state index in [1.165, 1.54) is 18.4 Å². The first kappa shape index (κ1) is 15.5. The van der Waals surface area contributed by atoms with Crippen LogP contribution in [0.15, 0.2) is 18.2 Å². The molecule has 1 aromatic carbocycles. The van der Waals surface area contributed by atoms with Crippen molar-refractivity contribution in [1.82, 2.24) is 5.32 Å². The number of rotatable bonds is 4. The van der Waals surface area contributed by atoms with Crippen LogP contribution in [0, 0.1) is 5.92 Å². The molecule has 22 heavy (non-hydrogen) atoms. The molecule has 2 aliphatic heterocycles. The number of nitrogens with one attached hydrogen (secondary N) is 1. The Morgan fingerprint density at radius 1 is 1.32 bits per heavy atom. The second kappa shape index (κ2) is 7.25. The van der Waals surface area contributed by atoms with Gasteiger partial charge in [0.05, 0.1) is 0 Å². The van der Waals surface area contributed by atoms with Gasteiger partial charge < -0.3 is 16.0 Å². The van der Waals surface area contributed by atoms with E-state index in [2.05, 4.69) is 23.5 Å². The summed E-state index contributed by atoms with van der Waals surface area (Å²) >= 11 is 0. The van der Waals surface area contributed by atoms with E-state index in [1.54, 1.807) is 0 Å². The van der Waals surface area contributed by atoms with Gasteiger partial charge in [-0.05, 0) is 68.3 Å². The number of amides is 1. The van der Waals surface area contributed by atoms with E-state index >= 15 is 0 Å². The predicted octanol–water partition coefficient (Wildman–Crippen LogP) is 2.20. The van der Waals surface area contributed by atoms with Gasteiger partial charge in [0, 0.05) is 25.2 Å². The highest BCUT2D eigenvalue weighted by Gasteiger charge is 2.23. The summed E-state index contributed by atoms with van der Waals surface area (Å²) in [7, 11) is 0. The summed E-state index contributed by atoms with van der Waals surface area (Å²) in [5.74, 6) is 1.01. The van der Waals surface area contributed by atoms with E-state index in [0.717, 1.165) is 50.1 Å². The largest absolute Gasteiger partial charge is 0.326 e. The number of hydrogen-bond donors (Lipinski definition) is 2. The second-order valence-corrected chi connectivity index (χ2v) is 6.55. The Balaban J connectivity index is 1.63. The van der Waals surface area contributed by atoms with Crippen molar-refractivity contribution >= 4 is 11.6 Å². The first-order valence-corrected chi connectivity index (χ1v) is 8.61. The molecule has 4 heteroatoms. The lowest BCUT2D eigenvalue weighted by Crippen LogP contribution is -2.36. The summed E-state index contributed by atoms with van der Waals surface area (Å²) in [6, 6.07) is 6.30. The average molecular weight is 301 g/mol. The Hall–Kier alpha value is -1.39. The van der Waals surface area contributed by atoms with Crippen molar-refractivity contribution in [3.63, 3.8) is 0 Å². The van der Waals surface area contributed by atoms with Crippen molar-refractivity contribution in [2.45, 2.75) is 45.1 Å². The molecule has 0 aromatic heterocycles. The van der Waals surface area contributed by atoms with Gasteiger partial charge in [0.15, 0.2) is 0 Å². The number of nitrogens with two attached hydrogens (primary N) is 1. The Morgan fingerprint density at radius 3 is 2.91 bits per heavy atom. The van der Waals surface area contributed by atoms with Crippen LogP contribution in [0.5, 0.6) is 0 Å². The minimum Gasteiger partial charge on any atom is -0.326 e. The topological polar surface area (TPSA) is 58.4 Å². The normalized spacial score (nSPS) is 19.0. The number of carbonyl (C=O) groups is 1. The molecule has 120 valence electrons. The van der Waals surface area contributed by atoms with Crippen LogP contribution in [0.2, 0.25) is 0 Å². The molecule has 1 amide bonds. The van der Waals surface area contributed by atoms with Crippen LogP contribution in [-0.4, -0.2) is 25.5 Å². The first-order chi connectivity index (χ1) is 10.8. The molecule has 2 heterocycles. The number of fused-ring (bicyclic) bond motifs is 1. The van der Waals surface area contributed by atoms with Gasteiger partial charge in [-0.2, -0.15) is 0 Å². The van der Waals surface area contributed by atoms with Gasteiger partial charge in [0.25, 0.3) is 0 Å². The van der Waals surface area contributed by atoms with Crippen LogP contribution in [-0.2, 0) is 17.8 Å². The molecule has 0 atom stereocenters. The Bertz CT molecular complexity index is 523. The zero-order valence-corrected chi connectivity index (χ0v) is 13.3. The highest BCUT2D eigenvalue weighted by atomic mass is 16.2. The van der Waals surface area contributed by atoms with Crippen molar-refractivity contribution in [3.05, 3.63) is 29.3 Å². The molecule has 2 aliphatic rings. The van der Waals surface area contributed by atoms with Gasteiger partial charge in [-0.25, -0.2) is 0 Å². The number of carbonyl (C=O) groups excluding carboxylic acids is 1. The molecular formula is C18H27N3O. The fraction of sp³-hybridized carbons (Fsp3) is 0.611. The standard InChI is InChI=1S/C18H27N3O/c19-13-15-3-5-17-16(12-15)2-1-11-21(17)18(22)6-4-14-7-9-20-10-8-14/h3,5,12,14,20H,1-2,4,6-11,13,19H2. The minimum absolute atomic E-state index is 0.292. The summed E-state index contributed by atoms with van der Waals surface area (Å²) in [4.78, 5) is 14.6. The molecule has 3 N–H and O–H groups in total. The third-order valence-corrected chi connectivity index (χ3v) is 5.02. The molecule has 0 unspecified atom stereocenters. The average Bonchev–Trinajstić information content (AvgIpc) is 2.59. The van der Waals surface area contributed by atoms with Crippen molar-refractivity contribution in [2.75, 3.05) is 24.5 Å². The van der Waals surface area contributed by atoms with Crippen LogP contribution in [0.3, 0.4) is 0 Å². The molecular weight excluding hydrogens is 274 g/mol. The van der Waals surface area contributed by atoms with Gasteiger partial charge in [-0.3, -0.25) is 4.79 Å². The van der Waals surface area contributed by atoms with Crippen LogP contribution in [0.1, 0.15) is 43.2 Å². The van der Waals surface area contributed by atoms with Crippen LogP contribution in [0.4, 0.5) is 5.69 Å². The number of nitrogens with zero attached hydrogens (tertiary/aromatic N) is 1. The molecule has 0 spiro atoms. The lowest BCUT2D eigenvalue weighted by molar-refractivity contribution is -0.119. The summed E-state index contributed by atoms with van der Waals surface area (Å²) in [6.45, 7) is 3.64. The van der Waals surface area contributed by atoms with Crippen LogP contribution in [0.25, 0.3) is 0 Å². The maximum absolute atomic E-state index is 12.6. The quantitative estimate of drug-likeness (QED) is 0.896. The smallest absolute Gasteiger partial charge is 0.226 e. The fourth-order valence-electron chi connectivity index (χ4n) is 3.67. The summed E-state index contributed by atoms with van der Waals surface area (Å²) in [6.07, 6.45) is 6.25. The Kier molecular flexibility index (Phi) is 5.11. The second-order valence-electron chi connectivity index (χ2n) is 6.55. The third-order valence-electron chi connectivity index (χ3n) is 5.02. The maximum atomic E-state index is 12.6. The summed E-state index contributed by atoms with van der Waals surface area (Å²) in [5.41, 5.74) is 9.27. The van der Waals surface area contributed by atoms with Crippen LogP contribution >= 0.6 is 0 Å². The highest BCUT2D eigenvalue weighted by Crippen LogP contribution is 2.29. The zero-order chi connectivity index (χ0) is 15.4. The maximum Gasteiger partial charge on any atom is 0.226 e. The van der Waals surface area contributed by atoms with Gasteiger partial charge >= 0.3 is 0 Å². The van der Waals surface area contributed by atoms with E-state index in [4.69, 9.17) is 5.73 Å². The molecule has 0 radical (unpaired) electrons. The molecule has 1 aromatic rings. The van der Waals surface area contributed by atoms with E-state index < -0.39 is 0 Å². The monoisotopic (exact) mass is 301 g/mol. The molecule has 1 fully saturated rings. The third kappa shape index (κ3) is 3.50. The van der Waals surface area contributed by atoms with Crippen molar-refractivity contribution < 1.29 is 4.79 Å². The minimum atomic E-state index is 0.292. The summed E-state index contributed by atoms with van der Waals surface area (Å²) in [5, 5.41) is 3.38. The molecule has 0 aliphatic carbocycles.